The van der Waals surface area contributed by atoms with Crippen LogP contribution in [0, 0.1) is 20.8 Å². The number of nitrogens with zero attached hydrogens (tertiary/aromatic N) is 4. The van der Waals surface area contributed by atoms with Gasteiger partial charge in [0.2, 0.25) is 17.1 Å². The highest BCUT2D eigenvalue weighted by molar-refractivity contribution is 5.92. The second-order valence-corrected chi connectivity index (χ2v) is 12.4. The van der Waals surface area contributed by atoms with Crippen molar-refractivity contribution in [2.45, 2.75) is 26.7 Å². The fourth-order valence-electron chi connectivity index (χ4n) is 7.06. The number of fused-ring (bicyclic) bond motifs is 2. The zero-order valence-electron chi connectivity index (χ0n) is 27.0. The summed E-state index contributed by atoms with van der Waals surface area (Å²) < 4.78 is 7.40. The van der Waals surface area contributed by atoms with Crippen molar-refractivity contribution in [1.82, 2.24) is 0 Å². The Balaban J connectivity index is 1.62. The standard InChI is InChI=1S/C43H37N4/c1-32-23-25-41-36(27-32)30-44(38-18-9-5-10-19-38)43(45(41)29-35-16-7-4-8-17-35)46(40-22-14-13-15-34(40)3)31-37-28-33(2)24-26-42(37)47(43)39-20-11-6-12-21-39/h4-31H,1-3H3/q+3/b45-29+. The van der Waals surface area contributed by atoms with E-state index in [0.717, 1.165) is 45.1 Å². The van der Waals surface area contributed by atoms with Gasteiger partial charge in [-0.3, -0.25) is 0 Å². The summed E-state index contributed by atoms with van der Waals surface area (Å²) in [6.45, 7) is 6.54. The Morgan fingerprint density at radius 1 is 0.532 bits per heavy atom. The molecule has 0 bridgehead atoms. The number of hydrogen-bond acceptors (Lipinski definition) is 1. The number of hydrogen-bond donors (Lipinski definition) is 0. The van der Waals surface area contributed by atoms with E-state index < -0.39 is 5.91 Å². The van der Waals surface area contributed by atoms with E-state index in [4.69, 9.17) is 0 Å². The lowest BCUT2D eigenvalue weighted by molar-refractivity contribution is -0.935. The van der Waals surface area contributed by atoms with E-state index in [2.05, 4.69) is 210 Å². The van der Waals surface area contributed by atoms with E-state index in [9.17, 15) is 0 Å². The largest absolute Gasteiger partial charge is 0.665 e. The summed E-state index contributed by atoms with van der Waals surface area (Å²) in [5, 5.41) is 0. The number of aryl methyl sites for hydroxylation is 3. The molecule has 0 aliphatic carbocycles. The molecule has 6 aromatic carbocycles. The molecule has 0 N–H and O–H groups in total. The van der Waals surface area contributed by atoms with Crippen LogP contribution >= 0.6 is 0 Å². The summed E-state index contributed by atoms with van der Waals surface area (Å²) in [5.74, 6) is -0.977. The third kappa shape index (κ3) is 4.72. The first-order valence-electron chi connectivity index (χ1n) is 16.2. The minimum atomic E-state index is -0.977. The van der Waals surface area contributed by atoms with Crippen molar-refractivity contribution >= 4 is 47.1 Å². The first-order valence-corrected chi connectivity index (χ1v) is 16.2. The van der Waals surface area contributed by atoms with Crippen LogP contribution in [0.3, 0.4) is 0 Å². The quantitative estimate of drug-likeness (QED) is 0.181. The van der Waals surface area contributed by atoms with Crippen molar-refractivity contribution in [3.05, 3.63) is 185 Å². The van der Waals surface area contributed by atoms with Crippen LogP contribution < -0.4 is 4.90 Å². The van der Waals surface area contributed by atoms with Crippen molar-refractivity contribution in [3.63, 3.8) is 0 Å². The number of para-hydroxylation sites is 3. The first-order chi connectivity index (χ1) is 23.0. The Labute approximate surface area is 276 Å². The molecule has 47 heavy (non-hydrogen) atoms. The molecule has 0 saturated carbocycles. The maximum atomic E-state index is 2.51. The average molecular weight is 610 g/mol. The fraction of sp³-hybridized carbons (Fsp3) is 0.0930. The lowest BCUT2D eigenvalue weighted by atomic mass is 10.00. The first kappa shape index (κ1) is 28.6. The molecule has 8 rings (SSSR count). The van der Waals surface area contributed by atoms with Crippen LogP contribution in [-0.2, 0) is 0 Å². The number of anilines is 2. The predicted molar refractivity (Wildman–Crippen MR) is 193 cm³/mol. The van der Waals surface area contributed by atoms with Gasteiger partial charge in [0, 0.05) is 35.4 Å². The molecule has 1 spiro atoms. The molecule has 2 aliphatic rings. The average Bonchev–Trinajstić information content (AvgIpc) is 3.10. The zero-order chi connectivity index (χ0) is 32.0. The van der Waals surface area contributed by atoms with Crippen LogP contribution in [0.25, 0.3) is 0 Å². The Kier molecular flexibility index (Phi) is 6.99. The Bertz CT molecular complexity index is 2220. The van der Waals surface area contributed by atoms with Crippen LogP contribution in [0.2, 0.25) is 0 Å². The van der Waals surface area contributed by atoms with Crippen LogP contribution in [0.4, 0.5) is 28.4 Å². The van der Waals surface area contributed by atoms with Crippen LogP contribution in [0.1, 0.15) is 33.4 Å². The lowest BCUT2D eigenvalue weighted by Crippen LogP contribution is -2.69. The molecule has 2 aliphatic heterocycles. The molecule has 0 fully saturated rings. The lowest BCUT2D eigenvalue weighted by Gasteiger charge is -2.37. The van der Waals surface area contributed by atoms with Crippen molar-refractivity contribution < 1.29 is 13.7 Å². The van der Waals surface area contributed by atoms with Crippen molar-refractivity contribution in [2.24, 2.45) is 0 Å². The second kappa shape index (κ2) is 11.5. The topological polar surface area (TPSA) is 12.3 Å². The van der Waals surface area contributed by atoms with Gasteiger partial charge < -0.3 is 0 Å². The summed E-state index contributed by atoms with van der Waals surface area (Å²) in [6.07, 6.45) is 6.99. The molecule has 6 aromatic rings. The van der Waals surface area contributed by atoms with E-state index in [1.54, 1.807) is 0 Å². The molecule has 2 heterocycles. The van der Waals surface area contributed by atoms with Gasteiger partial charge in [0.05, 0.1) is 16.9 Å². The van der Waals surface area contributed by atoms with Crippen molar-refractivity contribution in [2.75, 3.05) is 4.90 Å². The molecule has 4 nitrogen and oxygen atoms in total. The van der Waals surface area contributed by atoms with Gasteiger partial charge in [-0.1, -0.05) is 90.5 Å². The van der Waals surface area contributed by atoms with Gasteiger partial charge in [-0.05, 0) is 82.5 Å². The highest BCUT2D eigenvalue weighted by Gasteiger charge is 2.75. The molecule has 4 heteroatoms. The normalized spacial score (nSPS) is 17.6. The fourth-order valence-corrected chi connectivity index (χ4v) is 7.06. The molecule has 0 radical (unpaired) electrons. The van der Waals surface area contributed by atoms with E-state index >= 15 is 0 Å². The Hall–Kier alpha value is -5.87. The molecule has 1 unspecified atom stereocenters. The van der Waals surface area contributed by atoms with Crippen molar-refractivity contribution in [1.29, 1.82) is 0 Å². The van der Waals surface area contributed by atoms with Crippen LogP contribution in [0.5, 0.6) is 0 Å². The molecular formula is C43H37N4+3. The zero-order valence-corrected chi connectivity index (χ0v) is 27.0. The summed E-state index contributed by atoms with van der Waals surface area (Å²) in [6, 6.07) is 54.5. The maximum absolute atomic E-state index is 2.51. The molecular weight excluding hydrogens is 573 g/mol. The van der Waals surface area contributed by atoms with Crippen LogP contribution in [-0.4, -0.2) is 38.3 Å². The highest BCUT2D eigenvalue weighted by Crippen LogP contribution is 2.48. The van der Waals surface area contributed by atoms with Gasteiger partial charge in [0.1, 0.15) is 5.56 Å². The summed E-state index contributed by atoms with van der Waals surface area (Å²) >= 11 is 0. The van der Waals surface area contributed by atoms with Gasteiger partial charge in [0.25, 0.3) is 0 Å². The van der Waals surface area contributed by atoms with E-state index in [-0.39, 0.29) is 0 Å². The summed E-state index contributed by atoms with van der Waals surface area (Å²) in [7, 11) is 0. The van der Waals surface area contributed by atoms with E-state index in [1.807, 2.05) is 0 Å². The van der Waals surface area contributed by atoms with Gasteiger partial charge >= 0.3 is 5.91 Å². The van der Waals surface area contributed by atoms with E-state index in [0.29, 0.717) is 0 Å². The SMILES string of the molecule is Cc1ccc2c(c1)C=[N+](c1ccccc1C)C1(N2c2ccccc2)[N+](c2ccccc2)=Cc2cc(C)ccc2/[N+]1=C\c1ccccc1. The van der Waals surface area contributed by atoms with Crippen LogP contribution in [0.15, 0.2) is 152 Å². The minimum Gasteiger partial charge on any atom is -0.155 e. The molecule has 226 valence electrons. The smallest absolute Gasteiger partial charge is 0.155 e. The predicted octanol–water partition coefficient (Wildman–Crippen LogP) is 9.38. The second-order valence-electron chi connectivity index (χ2n) is 12.4. The highest BCUT2D eigenvalue weighted by atomic mass is 15.6. The molecule has 0 saturated heterocycles. The monoisotopic (exact) mass is 609 g/mol. The van der Waals surface area contributed by atoms with Gasteiger partial charge in [-0.15, -0.1) is 0 Å². The van der Waals surface area contributed by atoms with Gasteiger partial charge in [-0.25, -0.2) is 0 Å². The van der Waals surface area contributed by atoms with Crippen molar-refractivity contribution in [3.8, 4) is 0 Å². The Morgan fingerprint density at radius 3 is 1.85 bits per heavy atom. The summed E-state index contributed by atoms with van der Waals surface area (Å²) in [5.41, 5.74) is 12.6. The Morgan fingerprint density at radius 2 is 1.13 bits per heavy atom. The number of benzene rings is 6. The third-order valence-corrected chi connectivity index (χ3v) is 9.17. The molecule has 0 aromatic heterocycles. The third-order valence-electron chi connectivity index (χ3n) is 9.17. The maximum Gasteiger partial charge on any atom is 0.665 e. The molecule has 1 atom stereocenters. The van der Waals surface area contributed by atoms with Gasteiger partial charge in [-0.2, -0.15) is 4.90 Å². The minimum absolute atomic E-state index is 0.977. The summed E-state index contributed by atoms with van der Waals surface area (Å²) in [4.78, 5) is 2.51. The van der Waals surface area contributed by atoms with Gasteiger partial charge in [0.15, 0.2) is 18.6 Å². The van der Waals surface area contributed by atoms with E-state index in [1.165, 1.54) is 16.7 Å². The molecule has 0 amide bonds. The number of rotatable bonds is 4.